The quantitative estimate of drug-likeness (QED) is 0.822. The number of hydrogen-bond acceptors (Lipinski definition) is 6. The van der Waals surface area contributed by atoms with Gasteiger partial charge >= 0.3 is 6.09 Å². The van der Waals surface area contributed by atoms with Gasteiger partial charge in [0.05, 0.1) is 13.2 Å². The van der Waals surface area contributed by atoms with E-state index in [-0.39, 0.29) is 24.1 Å². The predicted octanol–water partition coefficient (Wildman–Crippen LogP) is 1.70. The third-order valence-electron chi connectivity index (χ3n) is 2.90. The highest BCUT2D eigenvalue weighted by atomic mass is 35.5. The summed E-state index contributed by atoms with van der Waals surface area (Å²) in [5, 5.41) is 2.80. The first-order valence-electron chi connectivity index (χ1n) is 7.12. The summed E-state index contributed by atoms with van der Waals surface area (Å²) in [4.78, 5) is 33.3. The minimum atomic E-state index is -0.801. The van der Waals surface area contributed by atoms with Crippen LogP contribution >= 0.6 is 11.6 Å². The van der Waals surface area contributed by atoms with Crippen LogP contribution in [-0.4, -0.2) is 58.3 Å². The van der Waals surface area contributed by atoms with Gasteiger partial charge in [-0.05, 0) is 20.8 Å². The molecule has 1 aromatic heterocycles. The van der Waals surface area contributed by atoms with E-state index in [2.05, 4.69) is 15.3 Å². The molecular formula is C14H19ClN4O4. The number of carbonyl (C=O) groups is 2. The molecule has 1 unspecified atom stereocenters. The fourth-order valence-corrected chi connectivity index (χ4v) is 2.06. The summed E-state index contributed by atoms with van der Waals surface area (Å²) < 4.78 is 10.7. The van der Waals surface area contributed by atoms with Crippen LogP contribution in [0.5, 0.6) is 0 Å². The van der Waals surface area contributed by atoms with Crippen LogP contribution in [-0.2, 0) is 14.3 Å². The second-order valence-corrected chi connectivity index (χ2v) is 6.39. The molecule has 1 atom stereocenters. The van der Waals surface area contributed by atoms with Crippen molar-refractivity contribution in [2.45, 2.75) is 32.5 Å². The maximum atomic E-state index is 12.2. The van der Waals surface area contributed by atoms with E-state index in [1.165, 1.54) is 17.3 Å². The first kappa shape index (κ1) is 17.4. The third-order valence-corrected chi connectivity index (χ3v) is 3.10. The summed E-state index contributed by atoms with van der Waals surface area (Å²) in [7, 11) is 0. The highest BCUT2D eigenvalue weighted by Gasteiger charge is 2.31. The number of hydrogen-bond donors (Lipinski definition) is 1. The molecule has 8 nitrogen and oxygen atoms in total. The minimum Gasteiger partial charge on any atom is -0.444 e. The maximum absolute atomic E-state index is 12.2. The van der Waals surface area contributed by atoms with Crippen LogP contribution in [0.2, 0.25) is 5.15 Å². The van der Waals surface area contributed by atoms with Crippen LogP contribution in [0.3, 0.4) is 0 Å². The van der Waals surface area contributed by atoms with Gasteiger partial charge in [-0.1, -0.05) is 11.6 Å². The van der Waals surface area contributed by atoms with Gasteiger partial charge in [0.1, 0.15) is 22.9 Å². The summed E-state index contributed by atoms with van der Waals surface area (Å²) >= 11 is 5.74. The van der Waals surface area contributed by atoms with Crippen molar-refractivity contribution < 1.29 is 19.1 Å². The minimum absolute atomic E-state index is 0.111. The van der Waals surface area contributed by atoms with Crippen LogP contribution < -0.4 is 5.32 Å². The number of nitrogens with zero attached hydrogens (tertiary/aromatic N) is 3. The summed E-state index contributed by atoms with van der Waals surface area (Å²) in [6.45, 7) is 6.09. The van der Waals surface area contributed by atoms with Crippen molar-refractivity contribution in [3.8, 4) is 0 Å². The molecule has 2 amide bonds. The van der Waals surface area contributed by atoms with E-state index in [9.17, 15) is 9.59 Å². The highest BCUT2D eigenvalue weighted by Crippen LogP contribution is 2.15. The van der Waals surface area contributed by atoms with Gasteiger partial charge in [-0.25, -0.2) is 14.8 Å². The number of nitrogens with one attached hydrogen (secondary N) is 1. The Morgan fingerprint density at radius 3 is 2.83 bits per heavy atom. The van der Waals surface area contributed by atoms with E-state index in [4.69, 9.17) is 21.1 Å². The van der Waals surface area contributed by atoms with Gasteiger partial charge in [0.2, 0.25) is 0 Å². The summed E-state index contributed by atoms with van der Waals surface area (Å²) in [6.07, 6.45) is -0.0270. The fraction of sp³-hybridized carbons (Fsp3) is 0.571. The molecule has 2 heterocycles. The average molecular weight is 343 g/mol. The zero-order valence-corrected chi connectivity index (χ0v) is 14.0. The molecule has 1 aliphatic heterocycles. The van der Waals surface area contributed by atoms with Gasteiger partial charge in [-0.2, -0.15) is 0 Å². The van der Waals surface area contributed by atoms with E-state index in [1.54, 1.807) is 20.8 Å². The molecule has 9 heteroatoms. The molecule has 2 rings (SSSR count). The molecule has 1 aromatic rings. The number of anilines is 1. The Hall–Kier alpha value is -1.93. The van der Waals surface area contributed by atoms with Gasteiger partial charge in [0, 0.05) is 12.6 Å². The molecule has 23 heavy (non-hydrogen) atoms. The predicted molar refractivity (Wildman–Crippen MR) is 83.2 cm³/mol. The van der Waals surface area contributed by atoms with E-state index in [1.807, 2.05) is 0 Å². The number of aromatic nitrogens is 2. The monoisotopic (exact) mass is 342 g/mol. The third kappa shape index (κ3) is 5.33. The molecule has 1 aliphatic rings. The molecule has 0 spiro atoms. The molecule has 0 bridgehead atoms. The lowest BCUT2D eigenvalue weighted by atomic mass is 10.2. The standard InChI is InChI=1S/C14H19ClN4O4/c1-14(2,3)23-13(21)19-4-5-22-9(7-19)12(20)18-11-6-10(15)16-8-17-11/h6,8-9H,4-5,7H2,1-3H3,(H,16,17,18,20). The van der Waals surface area contributed by atoms with Crippen LogP contribution in [0.25, 0.3) is 0 Å². The Morgan fingerprint density at radius 1 is 1.43 bits per heavy atom. The lowest BCUT2D eigenvalue weighted by Gasteiger charge is -2.33. The fourth-order valence-electron chi connectivity index (χ4n) is 1.91. The Labute approximate surface area is 139 Å². The zero-order valence-electron chi connectivity index (χ0n) is 13.2. The van der Waals surface area contributed by atoms with E-state index >= 15 is 0 Å². The number of ether oxygens (including phenoxy) is 2. The number of amides is 2. The highest BCUT2D eigenvalue weighted by molar-refractivity contribution is 6.29. The van der Waals surface area contributed by atoms with Gasteiger partial charge in [0.25, 0.3) is 5.91 Å². The van der Waals surface area contributed by atoms with Gasteiger partial charge in [-0.15, -0.1) is 0 Å². The van der Waals surface area contributed by atoms with Gasteiger partial charge in [-0.3, -0.25) is 4.79 Å². The Bertz CT molecular complexity index is 590. The first-order valence-corrected chi connectivity index (χ1v) is 7.50. The number of carbonyl (C=O) groups excluding carboxylic acids is 2. The molecule has 0 aromatic carbocycles. The van der Waals surface area contributed by atoms with Crippen LogP contribution in [0, 0.1) is 0 Å². The molecular weight excluding hydrogens is 324 g/mol. The lowest BCUT2D eigenvalue weighted by molar-refractivity contribution is -0.132. The summed E-state index contributed by atoms with van der Waals surface area (Å²) in [5.41, 5.74) is -0.592. The molecule has 1 fully saturated rings. The molecule has 0 radical (unpaired) electrons. The molecule has 1 N–H and O–H groups in total. The average Bonchev–Trinajstić information content (AvgIpc) is 2.45. The topological polar surface area (TPSA) is 93.6 Å². The van der Waals surface area contributed by atoms with Crippen LogP contribution in [0.4, 0.5) is 10.6 Å². The number of morpholine rings is 1. The second-order valence-electron chi connectivity index (χ2n) is 6.00. The number of halogens is 1. The molecule has 0 aliphatic carbocycles. The molecule has 0 saturated carbocycles. The normalized spacial score (nSPS) is 18.4. The van der Waals surface area contributed by atoms with Crippen molar-refractivity contribution in [3.63, 3.8) is 0 Å². The SMILES string of the molecule is CC(C)(C)OC(=O)N1CCOC(C(=O)Nc2cc(Cl)ncn2)C1. The first-order chi connectivity index (χ1) is 10.7. The smallest absolute Gasteiger partial charge is 0.410 e. The second kappa shape index (κ2) is 7.10. The summed E-state index contributed by atoms with van der Waals surface area (Å²) in [6, 6.07) is 1.42. The Morgan fingerprint density at radius 2 is 2.17 bits per heavy atom. The van der Waals surface area contributed by atoms with Gasteiger partial charge in [0.15, 0.2) is 6.10 Å². The van der Waals surface area contributed by atoms with Crippen molar-refractivity contribution in [2.75, 3.05) is 25.0 Å². The van der Waals surface area contributed by atoms with Crippen molar-refractivity contribution in [2.24, 2.45) is 0 Å². The largest absolute Gasteiger partial charge is 0.444 e. The Balaban J connectivity index is 1.95. The molecule has 1 saturated heterocycles. The molecule has 126 valence electrons. The lowest BCUT2D eigenvalue weighted by Crippen LogP contribution is -2.51. The van der Waals surface area contributed by atoms with Crippen molar-refractivity contribution >= 4 is 29.4 Å². The zero-order chi connectivity index (χ0) is 17.0. The van der Waals surface area contributed by atoms with E-state index < -0.39 is 23.7 Å². The van der Waals surface area contributed by atoms with E-state index in [0.717, 1.165) is 0 Å². The van der Waals surface area contributed by atoms with Crippen molar-refractivity contribution in [1.29, 1.82) is 0 Å². The maximum Gasteiger partial charge on any atom is 0.410 e. The number of rotatable bonds is 2. The Kier molecular flexibility index (Phi) is 5.38. The van der Waals surface area contributed by atoms with Crippen molar-refractivity contribution in [3.05, 3.63) is 17.5 Å². The van der Waals surface area contributed by atoms with Crippen LogP contribution in [0.15, 0.2) is 12.4 Å². The van der Waals surface area contributed by atoms with Crippen LogP contribution in [0.1, 0.15) is 20.8 Å². The van der Waals surface area contributed by atoms with Crippen molar-refractivity contribution in [1.82, 2.24) is 14.9 Å². The summed E-state index contributed by atoms with van der Waals surface area (Å²) in [5.74, 6) is -0.138. The van der Waals surface area contributed by atoms with Gasteiger partial charge < -0.3 is 19.7 Å². The van der Waals surface area contributed by atoms with E-state index in [0.29, 0.717) is 6.54 Å².